The monoisotopic (exact) mass is 300 g/mol. The van der Waals surface area contributed by atoms with E-state index in [1.54, 1.807) is 24.4 Å². The van der Waals surface area contributed by atoms with Gasteiger partial charge in [0.2, 0.25) is 0 Å². The maximum atomic E-state index is 11.5. The molecule has 0 unspecified atom stereocenters. The molecule has 0 atom stereocenters. The van der Waals surface area contributed by atoms with Gasteiger partial charge in [-0.1, -0.05) is 19.9 Å². The molecule has 0 amide bonds. The third-order valence-corrected chi connectivity index (χ3v) is 3.53. The fraction of sp³-hybridized carbons (Fsp3) is 0.364. The SMILES string of the molecule is CC(C)Cn1c(-c2ccccn2)nnc1S(=O)(=O)Cl. The van der Waals surface area contributed by atoms with Crippen molar-refractivity contribution in [3.05, 3.63) is 24.4 Å². The molecule has 2 aromatic heterocycles. The van der Waals surface area contributed by atoms with Gasteiger partial charge >= 0.3 is 0 Å². The first-order chi connectivity index (χ1) is 8.89. The van der Waals surface area contributed by atoms with Crippen molar-refractivity contribution in [3.8, 4) is 11.5 Å². The van der Waals surface area contributed by atoms with Gasteiger partial charge in [0.05, 0.1) is 0 Å². The molecule has 0 aliphatic carbocycles. The van der Waals surface area contributed by atoms with Gasteiger partial charge in [-0.05, 0) is 18.1 Å². The average Bonchev–Trinajstić information content (AvgIpc) is 2.72. The number of nitrogens with zero attached hydrogens (tertiary/aromatic N) is 4. The highest BCUT2D eigenvalue weighted by atomic mass is 35.7. The van der Waals surface area contributed by atoms with E-state index >= 15 is 0 Å². The smallest absolute Gasteiger partial charge is 0.295 e. The van der Waals surface area contributed by atoms with E-state index in [0.717, 1.165) is 0 Å². The second-order valence-corrected chi connectivity index (χ2v) is 6.92. The summed E-state index contributed by atoms with van der Waals surface area (Å²) >= 11 is 0. The van der Waals surface area contributed by atoms with Gasteiger partial charge in [0.1, 0.15) is 5.69 Å². The summed E-state index contributed by atoms with van der Waals surface area (Å²) in [5.41, 5.74) is 0.558. The quantitative estimate of drug-likeness (QED) is 0.806. The molecule has 2 heterocycles. The lowest BCUT2D eigenvalue weighted by atomic mass is 10.2. The third-order valence-electron chi connectivity index (χ3n) is 2.38. The molecule has 0 spiro atoms. The molecule has 0 fully saturated rings. The summed E-state index contributed by atoms with van der Waals surface area (Å²) < 4.78 is 24.5. The Labute approximate surface area is 115 Å². The van der Waals surface area contributed by atoms with E-state index < -0.39 is 9.05 Å². The minimum absolute atomic E-state index is 0.218. The molecule has 0 aromatic carbocycles. The van der Waals surface area contributed by atoms with Crippen molar-refractivity contribution in [2.75, 3.05) is 0 Å². The van der Waals surface area contributed by atoms with Crippen LogP contribution in [0.2, 0.25) is 0 Å². The number of hydrogen-bond acceptors (Lipinski definition) is 5. The van der Waals surface area contributed by atoms with Crippen LogP contribution < -0.4 is 0 Å². The molecule has 8 heteroatoms. The largest absolute Gasteiger partial charge is 0.296 e. The van der Waals surface area contributed by atoms with Crippen LogP contribution in [0.25, 0.3) is 11.5 Å². The summed E-state index contributed by atoms with van der Waals surface area (Å²) in [5.74, 6) is 0.615. The predicted octanol–water partition coefficient (Wildman–Crippen LogP) is 1.92. The zero-order chi connectivity index (χ0) is 14.0. The highest BCUT2D eigenvalue weighted by Crippen LogP contribution is 2.22. The highest BCUT2D eigenvalue weighted by Gasteiger charge is 2.24. The van der Waals surface area contributed by atoms with Crippen LogP contribution in [0.3, 0.4) is 0 Å². The van der Waals surface area contributed by atoms with Crippen molar-refractivity contribution >= 4 is 19.7 Å². The van der Waals surface area contributed by atoms with Gasteiger partial charge in [0.25, 0.3) is 14.2 Å². The van der Waals surface area contributed by atoms with Crippen molar-refractivity contribution in [1.82, 2.24) is 19.7 Å². The number of pyridine rings is 1. The van der Waals surface area contributed by atoms with Gasteiger partial charge in [-0.25, -0.2) is 8.42 Å². The molecule has 0 saturated carbocycles. The molecule has 0 saturated heterocycles. The van der Waals surface area contributed by atoms with Crippen LogP contribution in [-0.2, 0) is 15.6 Å². The molecule has 2 rings (SSSR count). The van der Waals surface area contributed by atoms with Crippen LogP contribution in [0.4, 0.5) is 0 Å². The molecule has 0 aliphatic rings. The van der Waals surface area contributed by atoms with Gasteiger partial charge in [-0.2, -0.15) is 0 Å². The van der Waals surface area contributed by atoms with Gasteiger partial charge in [-0.3, -0.25) is 9.55 Å². The van der Waals surface area contributed by atoms with E-state index in [0.29, 0.717) is 18.1 Å². The Kier molecular flexibility index (Phi) is 3.86. The van der Waals surface area contributed by atoms with Gasteiger partial charge in [0, 0.05) is 23.4 Å². The molecular weight excluding hydrogens is 288 g/mol. The first kappa shape index (κ1) is 14.0. The number of aromatic nitrogens is 4. The van der Waals surface area contributed by atoms with E-state index in [4.69, 9.17) is 10.7 Å². The van der Waals surface area contributed by atoms with Gasteiger partial charge < -0.3 is 0 Å². The van der Waals surface area contributed by atoms with Crippen LogP contribution in [-0.4, -0.2) is 28.2 Å². The van der Waals surface area contributed by atoms with Gasteiger partial charge in [-0.15, -0.1) is 10.2 Å². The van der Waals surface area contributed by atoms with E-state index in [2.05, 4.69) is 15.2 Å². The summed E-state index contributed by atoms with van der Waals surface area (Å²) in [6.07, 6.45) is 1.61. The predicted molar refractivity (Wildman–Crippen MR) is 71.1 cm³/mol. The first-order valence-corrected chi connectivity index (χ1v) is 8.00. The fourth-order valence-corrected chi connectivity index (χ4v) is 2.59. The Balaban J connectivity index is 2.60. The van der Waals surface area contributed by atoms with Crippen molar-refractivity contribution in [2.45, 2.75) is 25.5 Å². The van der Waals surface area contributed by atoms with Crippen LogP contribution in [0.5, 0.6) is 0 Å². The Bertz CT molecular complexity index is 667. The highest BCUT2D eigenvalue weighted by molar-refractivity contribution is 8.13. The molecule has 0 aliphatic heterocycles. The van der Waals surface area contributed by atoms with Crippen LogP contribution >= 0.6 is 10.7 Å². The Hall–Kier alpha value is -1.47. The number of halogens is 1. The maximum absolute atomic E-state index is 11.5. The molecule has 0 N–H and O–H groups in total. The minimum Gasteiger partial charge on any atom is -0.295 e. The minimum atomic E-state index is -3.93. The van der Waals surface area contributed by atoms with E-state index in [1.807, 2.05) is 13.8 Å². The number of rotatable bonds is 4. The third kappa shape index (κ3) is 3.10. The topological polar surface area (TPSA) is 77.7 Å². The summed E-state index contributed by atoms with van der Waals surface area (Å²) in [5, 5.41) is 7.32. The summed E-state index contributed by atoms with van der Waals surface area (Å²) in [4.78, 5) is 4.15. The Morgan fingerprint density at radius 2 is 2.05 bits per heavy atom. The lowest BCUT2D eigenvalue weighted by molar-refractivity contribution is 0.488. The van der Waals surface area contributed by atoms with E-state index in [-0.39, 0.29) is 11.1 Å². The summed E-state index contributed by atoms with van der Waals surface area (Å²) in [6, 6.07) is 5.31. The van der Waals surface area contributed by atoms with Crippen molar-refractivity contribution < 1.29 is 8.42 Å². The molecular formula is C11H13ClN4O2S. The normalized spacial score (nSPS) is 12.0. The van der Waals surface area contributed by atoms with Crippen LogP contribution in [0, 0.1) is 5.92 Å². The molecule has 19 heavy (non-hydrogen) atoms. The Morgan fingerprint density at radius 3 is 2.58 bits per heavy atom. The van der Waals surface area contributed by atoms with Crippen LogP contribution in [0.15, 0.2) is 29.6 Å². The molecule has 6 nitrogen and oxygen atoms in total. The van der Waals surface area contributed by atoms with Gasteiger partial charge in [0.15, 0.2) is 5.82 Å². The lowest BCUT2D eigenvalue weighted by Gasteiger charge is -2.10. The first-order valence-electron chi connectivity index (χ1n) is 5.69. The number of hydrogen-bond donors (Lipinski definition) is 0. The zero-order valence-electron chi connectivity index (χ0n) is 10.5. The fourth-order valence-electron chi connectivity index (χ4n) is 1.68. The van der Waals surface area contributed by atoms with E-state index in [9.17, 15) is 8.42 Å². The molecule has 2 aromatic rings. The Morgan fingerprint density at radius 1 is 1.32 bits per heavy atom. The van der Waals surface area contributed by atoms with Crippen LogP contribution in [0.1, 0.15) is 13.8 Å². The summed E-state index contributed by atoms with van der Waals surface area (Å²) in [7, 11) is 1.44. The average molecular weight is 301 g/mol. The van der Waals surface area contributed by atoms with E-state index in [1.165, 1.54) is 4.57 Å². The molecule has 0 bridgehead atoms. The zero-order valence-corrected chi connectivity index (χ0v) is 12.1. The molecule has 0 radical (unpaired) electrons. The van der Waals surface area contributed by atoms with Crippen molar-refractivity contribution in [2.24, 2.45) is 5.92 Å². The lowest BCUT2D eigenvalue weighted by Crippen LogP contribution is -2.12. The van der Waals surface area contributed by atoms with Crippen molar-refractivity contribution in [1.29, 1.82) is 0 Å². The van der Waals surface area contributed by atoms with Crippen molar-refractivity contribution in [3.63, 3.8) is 0 Å². The molecule has 102 valence electrons. The second-order valence-electron chi connectivity index (χ2n) is 4.46. The second kappa shape index (κ2) is 5.26. The summed E-state index contributed by atoms with van der Waals surface area (Å²) in [6.45, 7) is 4.37. The standard InChI is InChI=1S/C11H13ClN4O2S/c1-8(2)7-16-10(9-5-3-4-6-13-9)14-15-11(16)19(12,17)18/h3-6,8H,7H2,1-2H3. The maximum Gasteiger partial charge on any atom is 0.296 e.